The van der Waals surface area contributed by atoms with Crippen molar-refractivity contribution < 1.29 is 14.3 Å². The van der Waals surface area contributed by atoms with Gasteiger partial charge in [-0.1, -0.05) is 30.0 Å². The van der Waals surface area contributed by atoms with Crippen LogP contribution in [0, 0.1) is 0 Å². The molecule has 1 N–H and O–H groups in total. The first-order valence-electron chi connectivity index (χ1n) is 8.16. The molecule has 3 rings (SSSR count). The van der Waals surface area contributed by atoms with Gasteiger partial charge >= 0.3 is 0 Å². The summed E-state index contributed by atoms with van der Waals surface area (Å²) in [6, 6.07) is 8.21. The Labute approximate surface area is 152 Å². The summed E-state index contributed by atoms with van der Waals surface area (Å²) in [6.07, 6.45) is 4.13. The van der Waals surface area contributed by atoms with Crippen LogP contribution in [-0.4, -0.2) is 47.5 Å². The molecule has 0 saturated carbocycles. The van der Waals surface area contributed by atoms with Gasteiger partial charge in [0, 0.05) is 13.1 Å². The number of thioether (sulfide) groups is 1. The third kappa shape index (κ3) is 4.88. The zero-order valence-corrected chi connectivity index (χ0v) is 15.2. The molecule has 7 heteroatoms. The largest absolute Gasteiger partial charge is 0.489 e. The number of fused-ring (bicyclic) bond motifs is 1. The van der Waals surface area contributed by atoms with Crippen molar-refractivity contribution in [1.29, 1.82) is 0 Å². The number of carbonyl (C=O) groups excluding carboxylic acids is 2. The molecule has 2 amide bonds. The van der Waals surface area contributed by atoms with Gasteiger partial charge in [-0.2, -0.15) is 0 Å². The van der Waals surface area contributed by atoms with Crippen molar-refractivity contribution in [3.05, 3.63) is 29.8 Å². The van der Waals surface area contributed by atoms with E-state index in [-0.39, 0.29) is 29.7 Å². The monoisotopic (exact) mass is 370 g/mol. The summed E-state index contributed by atoms with van der Waals surface area (Å²) in [6.45, 7) is 2.26. The molecule has 0 aromatic heterocycles. The van der Waals surface area contributed by atoms with E-state index in [9.17, 15) is 9.59 Å². The molecule has 2 aliphatic heterocycles. The number of hydrogen-bond acceptors (Lipinski definition) is 5. The van der Waals surface area contributed by atoms with Crippen molar-refractivity contribution in [3.63, 3.8) is 0 Å². The van der Waals surface area contributed by atoms with Crippen LogP contribution >= 0.6 is 24.2 Å². The average Bonchev–Trinajstić information content (AvgIpc) is 2.89. The van der Waals surface area contributed by atoms with E-state index < -0.39 is 0 Å². The van der Waals surface area contributed by atoms with E-state index in [1.165, 1.54) is 10.5 Å². The molecule has 1 unspecified atom stereocenters. The molecule has 0 radical (unpaired) electrons. The number of amides is 2. The number of nitrogens with one attached hydrogen (secondary N) is 1. The Kier molecular flexibility index (Phi) is 7.40. The van der Waals surface area contributed by atoms with Crippen molar-refractivity contribution in [2.24, 2.45) is 0 Å². The van der Waals surface area contributed by atoms with E-state index in [1.807, 2.05) is 12.1 Å². The highest BCUT2D eigenvalue weighted by Crippen LogP contribution is 2.26. The molecule has 1 saturated heterocycles. The molecular weight excluding hydrogens is 348 g/mol. The van der Waals surface area contributed by atoms with Crippen LogP contribution in [0.1, 0.15) is 24.8 Å². The van der Waals surface area contributed by atoms with Crippen LogP contribution in [0.4, 0.5) is 4.79 Å². The van der Waals surface area contributed by atoms with Crippen LogP contribution in [-0.2, 0) is 11.2 Å². The number of hydrogen-bond donors (Lipinski definition) is 1. The molecule has 1 fully saturated rings. The summed E-state index contributed by atoms with van der Waals surface area (Å²) in [5.41, 5.74) is 1.29. The van der Waals surface area contributed by atoms with E-state index in [0.717, 1.165) is 56.3 Å². The highest BCUT2D eigenvalue weighted by atomic mass is 35.5. The highest BCUT2D eigenvalue weighted by molar-refractivity contribution is 8.14. The average molecular weight is 371 g/mol. The van der Waals surface area contributed by atoms with E-state index in [0.29, 0.717) is 12.3 Å². The smallest absolute Gasteiger partial charge is 0.288 e. The van der Waals surface area contributed by atoms with Crippen molar-refractivity contribution in [2.75, 3.05) is 25.4 Å². The zero-order valence-electron chi connectivity index (χ0n) is 13.5. The predicted molar refractivity (Wildman–Crippen MR) is 98.1 cm³/mol. The minimum Gasteiger partial charge on any atom is -0.489 e. The number of rotatable bonds is 7. The lowest BCUT2D eigenvalue weighted by Crippen LogP contribution is -2.35. The van der Waals surface area contributed by atoms with Gasteiger partial charge in [-0.15, -0.1) is 12.4 Å². The molecule has 5 nitrogen and oxygen atoms in total. The molecule has 2 aliphatic rings. The van der Waals surface area contributed by atoms with Gasteiger partial charge in [-0.3, -0.25) is 14.5 Å². The Morgan fingerprint density at radius 3 is 2.88 bits per heavy atom. The summed E-state index contributed by atoms with van der Waals surface area (Å²) in [4.78, 5) is 24.3. The van der Waals surface area contributed by atoms with Crippen LogP contribution in [0.15, 0.2) is 24.3 Å². The Morgan fingerprint density at radius 2 is 2.08 bits per heavy atom. The van der Waals surface area contributed by atoms with Crippen LogP contribution in [0.25, 0.3) is 0 Å². The van der Waals surface area contributed by atoms with Crippen molar-refractivity contribution in [1.82, 2.24) is 10.2 Å². The maximum Gasteiger partial charge on any atom is 0.288 e. The zero-order chi connectivity index (χ0) is 16.1. The molecule has 0 bridgehead atoms. The Balaban J connectivity index is 0.00000208. The maximum atomic E-state index is 11.5. The lowest BCUT2D eigenvalue weighted by molar-refractivity contribution is -0.124. The van der Waals surface area contributed by atoms with Gasteiger partial charge < -0.3 is 10.1 Å². The van der Waals surface area contributed by atoms with Crippen LogP contribution < -0.4 is 10.1 Å². The molecule has 1 aromatic rings. The summed E-state index contributed by atoms with van der Waals surface area (Å²) < 4.78 is 5.99. The van der Waals surface area contributed by atoms with Crippen molar-refractivity contribution in [3.8, 4) is 5.75 Å². The van der Waals surface area contributed by atoms with Gasteiger partial charge in [0.15, 0.2) is 0 Å². The number of nitrogens with zero attached hydrogens (tertiary/aromatic N) is 1. The van der Waals surface area contributed by atoms with Gasteiger partial charge in [0.1, 0.15) is 11.9 Å². The number of ether oxygens (including phenoxy) is 1. The summed E-state index contributed by atoms with van der Waals surface area (Å²) in [7, 11) is 0. The van der Waals surface area contributed by atoms with Gasteiger partial charge in [0.25, 0.3) is 5.24 Å². The maximum absolute atomic E-state index is 11.5. The molecule has 24 heavy (non-hydrogen) atoms. The first-order valence-corrected chi connectivity index (χ1v) is 9.15. The Morgan fingerprint density at radius 1 is 1.25 bits per heavy atom. The number of imide groups is 1. The summed E-state index contributed by atoms with van der Waals surface area (Å²) in [5.74, 6) is 1.26. The number of halogens is 1. The van der Waals surface area contributed by atoms with Gasteiger partial charge in [-0.25, -0.2) is 0 Å². The van der Waals surface area contributed by atoms with Crippen LogP contribution in [0.3, 0.4) is 0 Å². The van der Waals surface area contributed by atoms with Crippen molar-refractivity contribution >= 4 is 35.3 Å². The fraction of sp³-hybridized carbons (Fsp3) is 0.529. The minimum absolute atomic E-state index is 0. The number of para-hydroxylation sites is 1. The van der Waals surface area contributed by atoms with Gasteiger partial charge in [0.05, 0.1) is 5.75 Å². The minimum atomic E-state index is -0.0998. The fourth-order valence-corrected chi connectivity index (χ4v) is 3.66. The fourth-order valence-electron chi connectivity index (χ4n) is 2.90. The van der Waals surface area contributed by atoms with Crippen LogP contribution in [0.5, 0.6) is 5.75 Å². The van der Waals surface area contributed by atoms with E-state index >= 15 is 0 Å². The van der Waals surface area contributed by atoms with Gasteiger partial charge in [0.2, 0.25) is 5.91 Å². The highest BCUT2D eigenvalue weighted by Gasteiger charge is 2.28. The molecule has 132 valence electrons. The SMILES string of the molecule is Cl.O=C1CSC(=O)N1CCCCNCC1CCc2ccccc2O1. The number of aryl methyl sites for hydroxylation is 1. The number of unbranched alkanes of at least 4 members (excludes halogenated alkanes) is 1. The van der Waals surface area contributed by atoms with Crippen molar-refractivity contribution in [2.45, 2.75) is 31.8 Å². The molecule has 0 aliphatic carbocycles. The molecule has 2 heterocycles. The predicted octanol–water partition coefficient (Wildman–Crippen LogP) is 2.87. The van der Waals surface area contributed by atoms with E-state index in [2.05, 4.69) is 17.4 Å². The number of carbonyl (C=O) groups is 2. The lowest BCUT2D eigenvalue weighted by Gasteiger charge is -2.26. The Bertz CT molecular complexity index is 569. The van der Waals surface area contributed by atoms with Gasteiger partial charge in [-0.05, 0) is 43.9 Å². The summed E-state index contributed by atoms with van der Waals surface area (Å²) >= 11 is 1.10. The first-order chi connectivity index (χ1) is 11.2. The quantitative estimate of drug-likeness (QED) is 0.748. The molecule has 0 spiro atoms. The first kappa shape index (κ1) is 19.1. The molecule has 1 atom stereocenters. The number of benzene rings is 1. The third-order valence-corrected chi connectivity index (χ3v) is 5.06. The molecular formula is C17H23ClN2O3S. The van der Waals surface area contributed by atoms with E-state index in [4.69, 9.17) is 4.74 Å². The Hall–Kier alpha value is -1.24. The molecule has 1 aromatic carbocycles. The second-order valence-corrected chi connectivity index (χ2v) is 6.82. The van der Waals surface area contributed by atoms with Crippen LogP contribution in [0.2, 0.25) is 0 Å². The second kappa shape index (κ2) is 9.30. The standard InChI is InChI=1S/C17H22N2O3S.ClH/c20-16-12-23-17(21)19(16)10-4-3-9-18-11-14-8-7-13-5-1-2-6-15(13)22-14;/h1-2,5-6,14,18H,3-4,7-12H2;1H. The lowest BCUT2D eigenvalue weighted by atomic mass is 10.0. The third-order valence-electron chi connectivity index (χ3n) is 4.20. The second-order valence-electron chi connectivity index (χ2n) is 5.90. The van der Waals surface area contributed by atoms with E-state index in [1.54, 1.807) is 0 Å². The topological polar surface area (TPSA) is 58.6 Å². The normalized spacial score (nSPS) is 19.7. The summed E-state index contributed by atoms with van der Waals surface area (Å²) in [5, 5.41) is 3.32.